The van der Waals surface area contributed by atoms with Crippen molar-refractivity contribution in [3.8, 4) is 0 Å². The van der Waals surface area contributed by atoms with Gasteiger partial charge < -0.3 is 10.7 Å². The number of aromatic amines is 1. The number of nitrogens with one attached hydrogen (secondary N) is 1. The molecular formula is C15H21Br2IN4S. The number of halogens is 3. The van der Waals surface area contributed by atoms with Crippen molar-refractivity contribution in [2.75, 3.05) is 12.3 Å². The molecule has 128 valence electrons. The molecule has 23 heavy (non-hydrogen) atoms. The van der Waals surface area contributed by atoms with Crippen molar-refractivity contribution in [2.24, 2.45) is 10.7 Å². The van der Waals surface area contributed by atoms with Gasteiger partial charge in [0.2, 0.25) is 0 Å². The highest BCUT2D eigenvalue weighted by molar-refractivity contribution is 14.1. The van der Waals surface area contributed by atoms with Gasteiger partial charge in [-0.2, -0.15) is 0 Å². The van der Waals surface area contributed by atoms with E-state index in [-0.39, 0.29) is 34.0 Å². The Kier molecular flexibility index (Phi) is 13.2. The van der Waals surface area contributed by atoms with Crippen LogP contribution >= 0.6 is 68.3 Å². The molecule has 8 heteroatoms. The molecule has 1 aromatic carbocycles. The number of amidine groups is 1. The summed E-state index contributed by atoms with van der Waals surface area (Å²) < 4.78 is 1.26. The summed E-state index contributed by atoms with van der Waals surface area (Å²) in [5, 5.41) is 0.685. The fourth-order valence-electron chi connectivity index (χ4n) is 1.85. The molecule has 0 spiro atoms. The normalized spacial score (nSPS) is 10.7. The fraction of sp³-hybridized carbons (Fsp3) is 0.333. The van der Waals surface area contributed by atoms with Crippen molar-refractivity contribution in [1.29, 1.82) is 0 Å². The highest BCUT2D eigenvalue weighted by Gasteiger charge is 1.98. The lowest BCUT2D eigenvalue weighted by Crippen LogP contribution is -2.09. The minimum atomic E-state index is 0. The van der Waals surface area contributed by atoms with Gasteiger partial charge in [-0.05, 0) is 59.5 Å². The topological polar surface area (TPSA) is 67.1 Å². The summed E-state index contributed by atoms with van der Waals surface area (Å²) in [6.45, 7) is 0.750. The van der Waals surface area contributed by atoms with E-state index in [4.69, 9.17) is 5.73 Å². The average molecular weight is 574 g/mol. The van der Waals surface area contributed by atoms with E-state index in [1.807, 2.05) is 6.20 Å². The molecule has 1 aromatic heterocycles. The Bertz CT molecular complexity index is 561. The van der Waals surface area contributed by atoms with Gasteiger partial charge in [0.1, 0.15) is 0 Å². The first kappa shape index (κ1) is 22.9. The highest BCUT2D eigenvalue weighted by atomic mass is 125. The molecule has 0 saturated heterocycles. The molecule has 0 radical (unpaired) electrons. The number of aliphatic imine (C=N–C) groups is 1. The Labute approximate surface area is 176 Å². The standard InChI is InChI=1S/C15H19IN4S.2BrH/c16-13-5-3-12(4-6-13)7-8-19-15(17)21-9-1-2-14-10-18-11-20-14;;/h3-6,10-11H,1-2,7-9H2,(H2,17,19)(H,18,20);2*1H/i16-2;;. The van der Waals surface area contributed by atoms with Crippen molar-refractivity contribution < 1.29 is 0 Å². The van der Waals surface area contributed by atoms with Crippen LogP contribution in [0.15, 0.2) is 41.8 Å². The molecular weight excluding hydrogens is 553 g/mol. The zero-order chi connectivity index (χ0) is 14.9. The summed E-state index contributed by atoms with van der Waals surface area (Å²) >= 11 is 3.94. The molecule has 4 nitrogen and oxygen atoms in total. The van der Waals surface area contributed by atoms with Crippen molar-refractivity contribution in [1.82, 2.24) is 9.97 Å². The Hall–Kier alpha value is -0.0600. The number of H-pyrrole nitrogens is 1. The smallest absolute Gasteiger partial charge is 0.153 e. The minimum Gasteiger partial charge on any atom is -0.379 e. The summed E-state index contributed by atoms with van der Waals surface area (Å²) in [5.74, 6) is 0.984. The monoisotopic (exact) mass is 572 g/mol. The van der Waals surface area contributed by atoms with Gasteiger partial charge in [-0.15, -0.1) is 34.0 Å². The van der Waals surface area contributed by atoms with E-state index in [1.165, 1.54) is 14.8 Å². The largest absolute Gasteiger partial charge is 0.379 e. The second-order valence-electron chi connectivity index (χ2n) is 4.63. The number of imidazole rings is 1. The Balaban J connectivity index is 0.00000242. The van der Waals surface area contributed by atoms with Crippen molar-refractivity contribution >= 4 is 73.5 Å². The number of aromatic nitrogens is 2. The second kappa shape index (κ2) is 13.3. The van der Waals surface area contributed by atoms with E-state index in [0.717, 1.165) is 31.6 Å². The van der Waals surface area contributed by atoms with Crippen LogP contribution in [-0.2, 0) is 12.8 Å². The molecule has 0 bridgehead atoms. The van der Waals surface area contributed by atoms with Gasteiger partial charge in [-0.3, -0.25) is 4.99 Å². The molecule has 0 saturated carbocycles. The predicted molar refractivity (Wildman–Crippen MR) is 119 cm³/mol. The number of rotatable bonds is 7. The number of hydrogen-bond donors (Lipinski definition) is 2. The van der Waals surface area contributed by atoms with Gasteiger partial charge in [0.15, 0.2) is 5.17 Å². The van der Waals surface area contributed by atoms with E-state index in [0.29, 0.717) is 5.17 Å². The van der Waals surface area contributed by atoms with E-state index in [9.17, 15) is 0 Å². The summed E-state index contributed by atoms with van der Waals surface area (Å²) in [5.41, 5.74) is 8.39. The number of thioether (sulfide) groups is 1. The average Bonchev–Trinajstić information content (AvgIpc) is 2.99. The SMILES string of the molecule is Br.Br.NC(=NCCc1ccc([125I])cc1)SCCCc1cnc[nH]1. The third-order valence-electron chi connectivity index (χ3n) is 2.98. The first-order chi connectivity index (χ1) is 10.2. The van der Waals surface area contributed by atoms with Gasteiger partial charge in [-0.1, -0.05) is 23.9 Å². The highest BCUT2D eigenvalue weighted by Crippen LogP contribution is 2.09. The van der Waals surface area contributed by atoms with Gasteiger partial charge in [0.25, 0.3) is 0 Å². The van der Waals surface area contributed by atoms with E-state index in [2.05, 4.69) is 61.8 Å². The van der Waals surface area contributed by atoms with Gasteiger partial charge in [-0.25, -0.2) is 4.98 Å². The summed E-state index contributed by atoms with van der Waals surface area (Å²) in [6.07, 6.45) is 6.58. The third kappa shape index (κ3) is 9.73. The molecule has 0 atom stereocenters. The molecule has 0 unspecified atom stereocenters. The summed E-state index contributed by atoms with van der Waals surface area (Å²) in [6, 6.07) is 8.52. The zero-order valence-electron chi connectivity index (χ0n) is 12.6. The fourth-order valence-corrected chi connectivity index (χ4v) is 2.89. The van der Waals surface area contributed by atoms with Crippen LogP contribution in [0.25, 0.3) is 0 Å². The molecule has 1 heterocycles. The first-order valence-corrected chi connectivity index (χ1v) is 8.95. The lowest BCUT2D eigenvalue weighted by Gasteiger charge is -2.02. The van der Waals surface area contributed by atoms with Crippen LogP contribution in [0.1, 0.15) is 17.7 Å². The summed E-state index contributed by atoms with van der Waals surface area (Å²) in [4.78, 5) is 11.5. The van der Waals surface area contributed by atoms with Crippen molar-refractivity contribution in [2.45, 2.75) is 19.3 Å². The maximum absolute atomic E-state index is 5.91. The van der Waals surface area contributed by atoms with Gasteiger partial charge >= 0.3 is 0 Å². The van der Waals surface area contributed by atoms with Crippen LogP contribution < -0.4 is 5.73 Å². The van der Waals surface area contributed by atoms with Crippen LogP contribution in [0.3, 0.4) is 0 Å². The van der Waals surface area contributed by atoms with Crippen LogP contribution in [-0.4, -0.2) is 27.4 Å². The quantitative estimate of drug-likeness (QED) is 0.223. The summed E-state index contributed by atoms with van der Waals surface area (Å²) in [7, 11) is 0. The van der Waals surface area contributed by atoms with Crippen LogP contribution in [0, 0.1) is 3.57 Å². The number of nitrogens with two attached hydrogens (primary N) is 1. The van der Waals surface area contributed by atoms with Crippen LogP contribution in [0.5, 0.6) is 0 Å². The lowest BCUT2D eigenvalue weighted by molar-refractivity contribution is 0.903. The molecule has 2 aromatic rings. The molecule has 3 N–H and O–H groups in total. The van der Waals surface area contributed by atoms with Gasteiger partial charge in [0, 0.05) is 27.8 Å². The Morgan fingerprint density at radius 2 is 1.96 bits per heavy atom. The van der Waals surface area contributed by atoms with Crippen LogP contribution in [0.4, 0.5) is 0 Å². The van der Waals surface area contributed by atoms with Crippen molar-refractivity contribution in [3.63, 3.8) is 0 Å². The first-order valence-electron chi connectivity index (χ1n) is 6.88. The van der Waals surface area contributed by atoms with Gasteiger partial charge in [0.05, 0.1) is 6.33 Å². The molecule has 0 amide bonds. The molecule has 0 aliphatic heterocycles. The maximum Gasteiger partial charge on any atom is 0.153 e. The molecule has 2 rings (SSSR count). The number of nitrogens with zero attached hydrogens (tertiary/aromatic N) is 2. The van der Waals surface area contributed by atoms with E-state index in [1.54, 1.807) is 18.1 Å². The van der Waals surface area contributed by atoms with Crippen molar-refractivity contribution in [3.05, 3.63) is 51.6 Å². The molecule has 0 aliphatic rings. The predicted octanol–water partition coefficient (Wildman–Crippen LogP) is 4.39. The lowest BCUT2D eigenvalue weighted by atomic mass is 10.2. The number of benzene rings is 1. The second-order valence-corrected chi connectivity index (χ2v) is 6.99. The minimum absolute atomic E-state index is 0. The third-order valence-corrected chi connectivity index (χ3v) is 4.61. The van der Waals surface area contributed by atoms with Crippen LogP contribution in [0.2, 0.25) is 0 Å². The zero-order valence-corrected chi connectivity index (χ0v) is 19.0. The maximum atomic E-state index is 5.91. The molecule has 0 aliphatic carbocycles. The van der Waals surface area contributed by atoms with E-state index < -0.39 is 0 Å². The Morgan fingerprint density at radius 1 is 1.22 bits per heavy atom. The Morgan fingerprint density at radius 3 is 2.61 bits per heavy atom. The number of aryl methyl sites for hydroxylation is 1. The van der Waals surface area contributed by atoms with E-state index >= 15 is 0 Å². The molecule has 0 fully saturated rings. The number of hydrogen-bond acceptors (Lipinski definition) is 3.